The fraction of sp³-hybridized carbons (Fsp3) is 0.286. The highest BCUT2D eigenvalue weighted by atomic mass is 35.5. The van der Waals surface area contributed by atoms with Gasteiger partial charge < -0.3 is 15.2 Å². The average molecular weight is 298 g/mol. The zero-order valence-electron chi connectivity index (χ0n) is 11.1. The number of carboxylic acids is 1. The highest BCUT2D eigenvalue weighted by Gasteiger charge is 2.21. The second-order valence-corrected chi connectivity index (χ2v) is 4.51. The summed E-state index contributed by atoms with van der Waals surface area (Å²) in [6.07, 6.45) is 2.38. The van der Waals surface area contributed by atoms with Crippen molar-refractivity contribution in [2.24, 2.45) is 0 Å². The van der Waals surface area contributed by atoms with Gasteiger partial charge in [0.2, 0.25) is 0 Å². The molecule has 0 fully saturated rings. The lowest BCUT2D eigenvalue weighted by atomic mass is 10.1. The second-order valence-electron chi connectivity index (χ2n) is 4.07. The van der Waals surface area contributed by atoms with Crippen molar-refractivity contribution in [1.29, 1.82) is 0 Å². The van der Waals surface area contributed by atoms with Crippen LogP contribution < -0.4 is 10.1 Å². The summed E-state index contributed by atoms with van der Waals surface area (Å²) in [6.45, 7) is 3.53. The number of carbonyl (C=O) groups excluding carboxylic acids is 1. The summed E-state index contributed by atoms with van der Waals surface area (Å²) in [6, 6.07) is 3.55. The predicted octanol–water partition coefficient (Wildman–Crippen LogP) is 2.50. The molecule has 0 radical (unpaired) electrons. The van der Waals surface area contributed by atoms with E-state index in [0.29, 0.717) is 17.2 Å². The van der Waals surface area contributed by atoms with E-state index in [4.69, 9.17) is 21.4 Å². The van der Waals surface area contributed by atoms with E-state index in [0.717, 1.165) is 0 Å². The Hall–Kier alpha value is -2.01. The summed E-state index contributed by atoms with van der Waals surface area (Å²) >= 11 is 5.81. The van der Waals surface area contributed by atoms with Crippen LogP contribution in [0.25, 0.3) is 0 Å². The number of hydrogen-bond acceptors (Lipinski definition) is 3. The summed E-state index contributed by atoms with van der Waals surface area (Å²) in [5, 5.41) is 11.9. The lowest BCUT2D eigenvalue weighted by Gasteiger charge is -2.15. The molecule has 0 aliphatic rings. The Bertz CT molecular complexity index is 516. The van der Waals surface area contributed by atoms with Crippen molar-refractivity contribution in [3.05, 3.63) is 41.4 Å². The molecule has 1 aromatic rings. The van der Waals surface area contributed by atoms with Gasteiger partial charge in [-0.25, -0.2) is 4.79 Å². The summed E-state index contributed by atoms with van der Waals surface area (Å²) in [5.41, 5.74) is 0.238. The number of amides is 1. The number of nitrogens with one attached hydrogen (secondary N) is 1. The Kier molecular flexibility index (Phi) is 6.06. The number of hydrogen-bond donors (Lipinski definition) is 2. The quantitative estimate of drug-likeness (QED) is 0.758. The van der Waals surface area contributed by atoms with Crippen LogP contribution in [-0.2, 0) is 4.79 Å². The molecule has 1 rings (SSSR count). The summed E-state index contributed by atoms with van der Waals surface area (Å²) < 4.78 is 5.06. The zero-order valence-corrected chi connectivity index (χ0v) is 11.8. The lowest BCUT2D eigenvalue weighted by molar-refractivity contribution is -0.139. The highest BCUT2D eigenvalue weighted by molar-refractivity contribution is 6.30. The van der Waals surface area contributed by atoms with Gasteiger partial charge >= 0.3 is 5.97 Å². The molecule has 2 N–H and O–H groups in total. The molecule has 1 unspecified atom stereocenters. The molecule has 0 saturated heterocycles. The molecule has 1 atom stereocenters. The monoisotopic (exact) mass is 297 g/mol. The fourth-order valence-corrected chi connectivity index (χ4v) is 1.79. The molecule has 5 nitrogen and oxygen atoms in total. The minimum atomic E-state index is -1.09. The van der Waals surface area contributed by atoms with Gasteiger partial charge in [-0.2, -0.15) is 0 Å². The van der Waals surface area contributed by atoms with Crippen LogP contribution in [0.1, 0.15) is 23.2 Å². The number of carbonyl (C=O) groups is 2. The molecule has 1 amide bonds. The molecule has 108 valence electrons. The molecule has 0 bridgehead atoms. The van der Waals surface area contributed by atoms with Gasteiger partial charge in [0.25, 0.3) is 5.91 Å². The van der Waals surface area contributed by atoms with Crippen molar-refractivity contribution in [3.63, 3.8) is 0 Å². The third-order valence-electron chi connectivity index (χ3n) is 2.67. The third-order valence-corrected chi connectivity index (χ3v) is 2.91. The van der Waals surface area contributed by atoms with Gasteiger partial charge in [-0.05, 0) is 31.0 Å². The number of halogens is 1. The maximum Gasteiger partial charge on any atom is 0.326 e. The molecule has 0 aromatic heterocycles. The van der Waals surface area contributed by atoms with Crippen LogP contribution in [0.5, 0.6) is 5.75 Å². The number of rotatable bonds is 7. The van der Waals surface area contributed by atoms with Gasteiger partial charge in [-0.15, -0.1) is 6.58 Å². The molecule has 0 aliphatic carbocycles. The molecular weight excluding hydrogens is 282 g/mol. The number of allylic oxidation sites excluding steroid dienone is 1. The molecule has 0 spiro atoms. The number of carboxylic acid groups (broad SMARTS) is 1. The van der Waals surface area contributed by atoms with Crippen LogP contribution in [0.15, 0.2) is 30.9 Å². The Labute approximate surface area is 122 Å². The summed E-state index contributed by atoms with van der Waals surface area (Å²) in [7, 11) is 1.41. The van der Waals surface area contributed by atoms with Gasteiger partial charge in [0, 0.05) is 5.02 Å². The number of methoxy groups -OCH3 is 1. The average Bonchev–Trinajstić information content (AvgIpc) is 2.42. The van der Waals surface area contributed by atoms with Gasteiger partial charge in [-0.3, -0.25) is 4.79 Å². The zero-order chi connectivity index (χ0) is 15.1. The standard InChI is InChI=1S/C14H16ClNO4/c1-3-4-5-11(14(18)19)16-13(17)10-7-6-9(15)8-12(10)20-2/h3,6-8,11H,1,4-5H2,2H3,(H,16,17)(H,18,19). The van der Waals surface area contributed by atoms with E-state index in [1.165, 1.54) is 19.2 Å². The van der Waals surface area contributed by atoms with Crippen LogP contribution in [0.2, 0.25) is 5.02 Å². The molecule has 20 heavy (non-hydrogen) atoms. The minimum absolute atomic E-state index is 0.238. The first-order valence-electron chi connectivity index (χ1n) is 5.97. The fourth-order valence-electron chi connectivity index (χ4n) is 1.63. The SMILES string of the molecule is C=CCCC(NC(=O)c1ccc(Cl)cc1OC)C(=O)O. The molecule has 1 aromatic carbocycles. The van der Waals surface area contributed by atoms with Gasteiger partial charge in [-0.1, -0.05) is 17.7 Å². The minimum Gasteiger partial charge on any atom is -0.496 e. The van der Waals surface area contributed by atoms with Crippen molar-refractivity contribution < 1.29 is 19.4 Å². The molecule has 0 heterocycles. The molecule has 0 saturated carbocycles. The van der Waals surface area contributed by atoms with E-state index in [9.17, 15) is 9.59 Å². The molecule has 0 aliphatic heterocycles. The van der Waals surface area contributed by atoms with Crippen LogP contribution in [0.3, 0.4) is 0 Å². The maximum absolute atomic E-state index is 12.1. The number of ether oxygens (including phenoxy) is 1. The van der Waals surface area contributed by atoms with Crippen molar-refractivity contribution in [2.75, 3.05) is 7.11 Å². The smallest absolute Gasteiger partial charge is 0.326 e. The topological polar surface area (TPSA) is 75.6 Å². The molecular formula is C14H16ClNO4. The predicted molar refractivity (Wildman–Crippen MR) is 76.3 cm³/mol. The number of benzene rings is 1. The lowest BCUT2D eigenvalue weighted by Crippen LogP contribution is -2.40. The van der Waals surface area contributed by atoms with Crippen molar-refractivity contribution in [1.82, 2.24) is 5.32 Å². The van der Waals surface area contributed by atoms with Crippen molar-refractivity contribution in [3.8, 4) is 5.75 Å². The Morgan fingerprint density at radius 2 is 2.25 bits per heavy atom. The Morgan fingerprint density at radius 1 is 1.55 bits per heavy atom. The van der Waals surface area contributed by atoms with Crippen molar-refractivity contribution in [2.45, 2.75) is 18.9 Å². The Morgan fingerprint density at radius 3 is 2.80 bits per heavy atom. The van der Waals surface area contributed by atoms with E-state index in [-0.39, 0.29) is 12.0 Å². The van der Waals surface area contributed by atoms with Gasteiger partial charge in [0.1, 0.15) is 11.8 Å². The maximum atomic E-state index is 12.1. The van der Waals surface area contributed by atoms with Crippen molar-refractivity contribution >= 4 is 23.5 Å². The van der Waals surface area contributed by atoms with Gasteiger partial charge in [0.15, 0.2) is 0 Å². The summed E-state index contributed by atoms with van der Waals surface area (Å²) in [4.78, 5) is 23.2. The highest BCUT2D eigenvalue weighted by Crippen LogP contribution is 2.23. The van der Waals surface area contributed by atoms with E-state index in [1.807, 2.05) is 0 Å². The van der Waals surface area contributed by atoms with E-state index in [2.05, 4.69) is 11.9 Å². The Balaban J connectivity index is 2.88. The first kappa shape index (κ1) is 16.0. The largest absolute Gasteiger partial charge is 0.496 e. The van der Waals surface area contributed by atoms with E-state index >= 15 is 0 Å². The number of aliphatic carboxylic acids is 1. The van der Waals surface area contributed by atoms with Gasteiger partial charge in [0.05, 0.1) is 12.7 Å². The third kappa shape index (κ3) is 4.28. The summed E-state index contributed by atoms with van der Waals surface area (Å²) in [5.74, 6) is -1.31. The first-order chi connectivity index (χ1) is 9.49. The first-order valence-corrected chi connectivity index (χ1v) is 6.35. The second kappa shape index (κ2) is 7.55. The van der Waals surface area contributed by atoms with E-state index in [1.54, 1.807) is 12.1 Å². The normalized spacial score (nSPS) is 11.5. The van der Waals surface area contributed by atoms with Crippen LogP contribution in [0.4, 0.5) is 0 Å². The van der Waals surface area contributed by atoms with Crippen LogP contribution in [0, 0.1) is 0 Å². The molecule has 6 heteroatoms. The van der Waals surface area contributed by atoms with E-state index < -0.39 is 17.9 Å². The van der Waals surface area contributed by atoms with Crippen LogP contribution >= 0.6 is 11.6 Å². The van der Waals surface area contributed by atoms with Crippen LogP contribution in [-0.4, -0.2) is 30.1 Å².